The van der Waals surface area contributed by atoms with Gasteiger partial charge in [-0.1, -0.05) is 17.7 Å². The summed E-state index contributed by atoms with van der Waals surface area (Å²) >= 11 is 5.77. The van der Waals surface area contributed by atoms with E-state index in [1.54, 1.807) is 42.7 Å². The highest BCUT2D eigenvalue weighted by molar-refractivity contribution is 6.30. The van der Waals surface area contributed by atoms with Gasteiger partial charge in [-0.05, 0) is 24.3 Å². The summed E-state index contributed by atoms with van der Waals surface area (Å²) in [5.74, 6) is -0.183. The van der Waals surface area contributed by atoms with Crippen molar-refractivity contribution in [2.45, 2.75) is 0 Å². The fraction of sp³-hybridized carbons (Fsp3) is 0. The number of hydrogen-bond donors (Lipinski definition) is 0. The first-order valence-corrected chi connectivity index (χ1v) is 4.45. The van der Waals surface area contributed by atoms with Crippen molar-refractivity contribution in [2.75, 3.05) is 0 Å². The number of carbonyl (C=O) groups is 1. The number of halogens is 1. The van der Waals surface area contributed by atoms with Crippen LogP contribution in [0.1, 0.15) is 10.4 Å². The lowest BCUT2D eigenvalue weighted by Crippen LogP contribution is -2.11. The molecule has 0 saturated carbocycles. The lowest BCUT2D eigenvalue weighted by molar-refractivity contribution is 0.0945. The van der Waals surface area contributed by atoms with Gasteiger partial charge in [-0.2, -0.15) is 5.10 Å². The SMILES string of the molecule is O=C(c1cccc(Cl)c1)n1cccn1. The van der Waals surface area contributed by atoms with E-state index in [1.165, 1.54) is 4.68 Å². The van der Waals surface area contributed by atoms with Crippen molar-refractivity contribution < 1.29 is 4.79 Å². The Labute approximate surface area is 85.9 Å². The second kappa shape index (κ2) is 3.64. The van der Waals surface area contributed by atoms with Gasteiger partial charge in [0.25, 0.3) is 5.91 Å². The lowest BCUT2D eigenvalue weighted by Gasteiger charge is -2.00. The largest absolute Gasteiger partial charge is 0.278 e. The second-order valence-corrected chi connectivity index (χ2v) is 3.20. The zero-order valence-electron chi connectivity index (χ0n) is 7.22. The highest BCUT2D eigenvalue weighted by atomic mass is 35.5. The molecule has 1 aromatic carbocycles. The Morgan fingerprint density at radius 2 is 2.21 bits per heavy atom. The Bertz CT molecular complexity index is 451. The standard InChI is InChI=1S/C10H7ClN2O/c11-9-4-1-3-8(7-9)10(14)13-6-2-5-12-13/h1-7H. The van der Waals surface area contributed by atoms with Gasteiger partial charge >= 0.3 is 0 Å². The number of nitrogens with zero attached hydrogens (tertiary/aromatic N) is 2. The van der Waals surface area contributed by atoms with E-state index in [-0.39, 0.29) is 5.91 Å². The maximum atomic E-state index is 11.7. The predicted molar refractivity (Wildman–Crippen MR) is 53.4 cm³/mol. The van der Waals surface area contributed by atoms with Gasteiger partial charge in [0.15, 0.2) is 0 Å². The van der Waals surface area contributed by atoms with Gasteiger partial charge in [-0.25, -0.2) is 4.68 Å². The van der Waals surface area contributed by atoms with Crippen LogP contribution in [0.5, 0.6) is 0 Å². The summed E-state index contributed by atoms with van der Waals surface area (Å²) in [6.07, 6.45) is 3.16. The Balaban J connectivity index is 2.37. The topological polar surface area (TPSA) is 34.9 Å². The zero-order valence-corrected chi connectivity index (χ0v) is 7.98. The van der Waals surface area contributed by atoms with Crippen LogP contribution in [-0.2, 0) is 0 Å². The highest BCUT2D eigenvalue weighted by Gasteiger charge is 2.07. The molecule has 1 aromatic heterocycles. The maximum absolute atomic E-state index is 11.7. The van der Waals surface area contributed by atoms with Crippen LogP contribution in [0.25, 0.3) is 0 Å². The fourth-order valence-corrected chi connectivity index (χ4v) is 1.33. The van der Waals surface area contributed by atoms with Crippen LogP contribution in [0.2, 0.25) is 5.02 Å². The Morgan fingerprint density at radius 1 is 1.36 bits per heavy atom. The molecule has 0 N–H and O–H groups in total. The molecule has 0 atom stereocenters. The average molecular weight is 207 g/mol. The molecule has 0 aliphatic carbocycles. The molecule has 0 spiro atoms. The molecule has 2 aromatic rings. The third-order valence-corrected chi connectivity index (χ3v) is 2.02. The van der Waals surface area contributed by atoms with E-state index in [1.807, 2.05) is 0 Å². The Morgan fingerprint density at radius 3 is 2.86 bits per heavy atom. The van der Waals surface area contributed by atoms with Crippen molar-refractivity contribution >= 4 is 17.5 Å². The molecule has 2 rings (SSSR count). The number of carbonyl (C=O) groups excluding carboxylic acids is 1. The minimum absolute atomic E-state index is 0.183. The van der Waals surface area contributed by atoms with Crippen LogP contribution in [0, 0.1) is 0 Å². The summed E-state index contributed by atoms with van der Waals surface area (Å²) in [6.45, 7) is 0. The monoisotopic (exact) mass is 206 g/mol. The quantitative estimate of drug-likeness (QED) is 0.717. The van der Waals surface area contributed by atoms with Gasteiger partial charge in [0.2, 0.25) is 0 Å². The third kappa shape index (κ3) is 1.67. The van der Waals surface area contributed by atoms with Crippen molar-refractivity contribution in [3.8, 4) is 0 Å². The molecule has 0 bridgehead atoms. The van der Waals surface area contributed by atoms with Crippen LogP contribution in [0.15, 0.2) is 42.7 Å². The van der Waals surface area contributed by atoms with Gasteiger partial charge in [-0.15, -0.1) is 0 Å². The van der Waals surface area contributed by atoms with Gasteiger partial charge in [-0.3, -0.25) is 4.79 Å². The van der Waals surface area contributed by atoms with Crippen molar-refractivity contribution in [3.63, 3.8) is 0 Å². The van der Waals surface area contributed by atoms with Crippen molar-refractivity contribution in [3.05, 3.63) is 53.3 Å². The van der Waals surface area contributed by atoms with Gasteiger partial charge in [0.1, 0.15) is 0 Å². The first kappa shape index (κ1) is 8.97. The van der Waals surface area contributed by atoms with Crippen molar-refractivity contribution in [1.29, 1.82) is 0 Å². The molecule has 4 heteroatoms. The normalized spacial score (nSPS) is 10.1. The molecule has 0 amide bonds. The summed E-state index contributed by atoms with van der Waals surface area (Å²) in [7, 11) is 0. The maximum Gasteiger partial charge on any atom is 0.278 e. The fourth-order valence-electron chi connectivity index (χ4n) is 1.14. The summed E-state index contributed by atoms with van der Waals surface area (Å²) in [6, 6.07) is 8.48. The molecule has 70 valence electrons. The summed E-state index contributed by atoms with van der Waals surface area (Å²) in [5.41, 5.74) is 0.529. The highest BCUT2D eigenvalue weighted by Crippen LogP contribution is 2.11. The molecule has 1 heterocycles. The van der Waals surface area contributed by atoms with Crippen LogP contribution < -0.4 is 0 Å². The average Bonchev–Trinajstić information content (AvgIpc) is 2.69. The minimum atomic E-state index is -0.183. The van der Waals surface area contributed by atoms with Crippen LogP contribution in [0.4, 0.5) is 0 Å². The molecule has 14 heavy (non-hydrogen) atoms. The number of benzene rings is 1. The molecular formula is C10H7ClN2O. The van der Waals surface area contributed by atoms with E-state index in [0.717, 1.165) is 0 Å². The minimum Gasteiger partial charge on any atom is -0.267 e. The van der Waals surface area contributed by atoms with E-state index in [0.29, 0.717) is 10.6 Å². The van der Waals surface area contributed by atoms with E-state index < -0.39 is 0 Å². The Hall–Kier alpha value is -1.61. The first-order chi connectivity index (χ1) is 6.77. The Kier molecular flexibility index (Phi) is 2.33. The summed E-state index contributed by atoms with van der Waals surface area (Å²) < 4.78 is 1.27. The van der Waals surface area contributed by atoms with Gasteiger partial charge in [0, 0.05) is 23.0 Å². The van der Waals surface area contributed by atoms with E-state index >= 15 is 0 Å². The van der Waals surface area contributed by atoms with Crippen molar-refractivity contribution in [2.24, 2.45) is 0 Å². The number of hydrogen-bond acceptors (Lipinski definition) is 2. The molecule has 0 saturated heterocycles. The molecule has 0 fully saturated rings. The van der Waals surface area contributed by atoms with Crippen LogP contribution in [0.3, 0.4) is 0 Å². The van der Waals surface area contributed by atoms with Gasteiger partial charge in [0.05, 0.1) is 0 Å². The van der Waals surface area contributed by atoms with Crippen LogP contribution in [-0.4, -0.2) is 15.7 Å². The summed E-state index contributed by atoms with van der Waals surface area (Å²) in [5, 5.41) is 4.39. The van der Waals surface area contributed by atoms with Crippen molar-refractivity contribution in [1.82, 2.24) is 9.78 Å². The van der Waals surface area contributed by atoms with Crippen LogP contribution >= 0.6 is 11.6 Å². The molecule has 0 aliphatic rings. The molecular weight excluding hydrogens is 200 g/mol. The summed E-state index contributed by atoms with van der Waals surface area (Å²) in [4.78, 5) is 11.7. The molecule has 0 aliphatic heterocycles. The zero-order chi connectivity index (χ0) is 9.97. The second-order valence-electron chi connectivity index (χ2n) is 2.77. The molecule has 3 nitrogen and oxygen atoms in total. The smallest absolute Gasteiger partial charge is 0.267 e. The molecule has 0 radical (unpaired) electrons. The lowest BCUT2D eigenvalue weighted by atomic mass is 10.2. The predicted octanol–water partition coefficient (Wildman–Crippen LogP) is 2.22. The first-order valence-electron chi connectivity index (χ1n) is 4.07. The van der Waals surface area contributed by atoms with E-state index in [9.17, 15) is 4.79 Å². The number of aromatic nitrogens is 2. The van der Waals surface area contributed by atoms with E-state index in [4.69, 9.17) is 11.6 Å². The third-order valence-electron chi connectivity index (χ3n) is 1.78. The number of rotatable bonds is 1. The van der Waals surface area contributed by atoms with Gasteiger partial charge < -0.3 is 0 Å². The van der Waals surface area contributed by atoms with E-state index in [2.05, 4.69) is 5.10 Å². The molecule has 0 unspecified atom stereocenters.